The van der Waals surface area contributed by atoms with E-state index in [-0.39, 0.29) is 25.9 Å². The monoisotopic (exact) mass is 1170 g/mol. The zero-order chi connectivity index (χ0) is 60.3. The first-order chi connectivity index (χ1) is 40.6. The van der Waals surface area contributed by atoms with Crippen LogP contribution in [0.1, 0.15) is 329 Å². The number of carbonyl (C=O) groups is 4. The highest BCUT2D eigenvalue weighted by molar-refractivity contribution is 5.74. The number of allylic oxidation sites excluding steroid dienone is 8. The molecule has 83 heavy (non-hydrogen) atoms. The van der Waals surface area contributed by atoms with Gasteiger partial charge in [-0.2, -0.15) is 0 Å². The van der Waals surface area contributed by atoms with Gasteiger partial charge in [0.15, 0.2) is 24.6 Å². The molecule has 482 valence electrons. The van der Waals surface area contributed by atoms with Crippen molar-refractivity contribution in [1.29, 1.82) is 0 Å². The van der Waals surface area contributed by atoms with Crippen molar-refractivity contribution in [2.45, 2.75) is 366 Å². The molecule has 0 bridgehead atoms. The summed E-state index contributed by atoms with van der Waals surface area (Å²) in [6, 6.07) is 0. The van der Waals surface area contributed by atoms with Crippen LogP contribution in [0.3, 0.4) is 0 Å². The molecule has 1 aliphatic heterocycles. The molecule has 1 heterocycles. The molecule has 12 heteroatoms. The van der Waals surface area contributed by atoms with Crippen molar-refractivity contribution in [2.24, 2.45) is 0 Å². The molecule has 3 N–H and O–H groups in total. The predicted octanol–water partition coefficient (Wildman–Crippen LogP) is 18.9. The Morgan fingerprint density at radius 1 is 0.398 bits per heavy atom. The van der Waals surface area contributed by atoms with E-state index in [2.05, 4.69) is 69.4 Å². The lowest BCUT2D eigenvalue weighted by Gasteiger charge is -2.40. The van der Waals surface area contributed by atoms with E-state index in [1.54, 1.807) is 0 Å². The number of aliphatic carboxylic acids is 1. The van der Waals surface area contributed by atoms with Crippen molar-refractivity contribution in [3.05, 3.63) is 48.6 Å². The summed E-state index contributed by atoms with van der Waals surface area (Å²) in [6.07, 6.45) is 60.6. The van der Waals surface area contributed by atoms with Crippen molar-refractivity contribution in [3.63, 3.8) is 0 Å². The zero-order valence-corrected chi connectivity index (χ0v) is 53.5. The van der Waals surface area contributed by atoms with Crippen molar-refractivity contribution in [1.82, 2.24) is 0 Å². The molecular formula is C71H126O12. The van der Waals surface area contributed by atoms with Crippen LogP contribution < -0.4 is 0 Å². The highest BCUT2D eigenvalue weighted by atomic mass is 16.7. The Morgan fingerprint density at radius 2 is 0.723 bits per heavy atom. The first-order valence-electron chi connectivity index (χ1n) is 34.6. The molecule has 0 spiro atoms. The smallest absolute Gasteiger partial charge is 0.335 e. The van der Waals surface area contributed by atoms with Gasteiger partial charge in [-0.15, -0.1) is 0 Å². The minimum absolute atomic E-state index is 0.0459. The molecule has 0 amide bonds. The summed E-state index contributed by atoms with van der Waals surface area (Å²) in [7, 11) is 0. The Labute approximate surface area is 507 Å². The number of carboxylic acid groups (broad SMARTS) is 1. The molecule has 12 nitrogen and oxygen atoms in total. The van der Waals surface area contributed by atoms with Gasteiger partial charge in [-0.25, -0.2) is 4.79 Å². The third-order valence-electron chi connectivity index (χ3n) is 15.8. The number of unbranched alkanes of at least 4 members (excludes halogenated alkanes) is 38. The van der Waals surface area contributed by atoms with E-state index in [0.717, 1.165) is 83.5 Å². The van der Waals surface area contributed by atoms with Crippen LogP contribution in [0.5, 0.6) is 0 Å². The third-order valence-corrected chi connectivity index (χ3v) is 15.8. The molecular weight excluding hydrogens is 1040 g/mol. The summed E-state index contributed by atoms with van der Waals surface area (Å²) < 4.78 is 28.6. The molecule has 0 radical (unpaired) electrons. The van der Waals surface area contributed by atoms with Crippen molar-refractivity contribution < 1.29 is 58.2 Å². The van der Waals surface area contributed by atoms with E-state index >= 15 is 0 Å². The highest BCUT2D eigenvalue weighted by Gasteiger charge is 2.50. The summed E-state index contributed by atoms with van der Waals surface area (Å²) in [4.78, 5) is 51.4. The summed E-state index contributed by atoms with van der Waals surface area (Å²) in [6.45, 7) is 6.00. The van der Waals surface area contributed by atoms with E-state index < -0.39 is 67.3 Å². The number of ether oxygens (including phenoxy) is 5. The lowest BCUT2D eigenvalue weighted by molar-refractivity contribution is -0.301. The van der Waals surface area contributed by atoms with Gasteiger partial charge in [0.05, 0.1) is 6.61 Å². The Morgan fingerprint density at radius 3 is 1.12 bits per heavy atom. The summed E-state index contributed by atoms with van der Waals surface area (Å²) in [5, 5.41) is 31.6. The molecule has 0 aliphatic carbocycles. The number of aliphatic hydroxyl groups is 2. The number of hydrogen-bond donors (Lipinski definition) is 3. The molecule has 0 saturated carbocycles. The number of hydrogen-bond acceptors (Lipinski definition) is 11. The Hall–Kier alpha value is -3.32. The fourth-order valence-corrected chi connectivity index (χ4v) is 10.5. The van der Waals surface area contributed by atoms with E-state index in [0.29, 0.717) is 19.3 Å². The average Bonchev–Trinajstić information content (AvgIpc) is 3.57. The number of rotatable bonds is 60. The SMILES string of the molecule is CCCCC/C=C\C/C=C\CCCCCCCC(=O)OC1C(OCC(COC(=O)CCCCCCCCCCC/C=C\CCCCCCCC)OC(=O)CCCCCCCCCCC/C=C\CCCCCCCC)OC(C(=O)O)C(O)C1O. The second-order valence-electron chi connectivity index (χ2n) is 23.8. The van der Waals surface area contributed by atoms with Gasteiger partial charge >= 0.3 is 23.9 Å². The lowest BCUT2D eigenvalue weighted by Crippen LogP contribution is -2.61. The van der Waals surface area contributed by atoms with Gasteiger partial charge in [0.25, 0.3) is 0 Å². The maximum atomic E-state index is 13.2. The maximum Gasteiger partial charge on any atom is 0.335 e. The molecule has 0 aromatic carbocycles. The van der Waals surface area contributed by atoms with Crippen molar-refractivity contribution in [3.8, 4) is 0 Å². The van der Waals surface area contributed by atoms with E-state index in [1.807, 2.05) is 0 Å². The molecule has 1 fully saturated rings. The quantitative estimate of drug-likeness (QED) is 0.0228. The average molecular weight is 1170 g/mol. The fraction of sp³-hybridized carbons (Fsp3) is 0.831. The minimum Gasteiger partial charge on any atom is -0.479 e. The van der Waals surface area contributed by atoms with Crippen LogP contribution in [0, 0.1) is 0 Å². The van der Waals surface area contributed by atoms with Crippen LogP contribution in [0.2, 0.25) is 0 Å². The topological polar surface area (TPSA) is 175 Å². The summed E-state index contributed by atoms with van der Waals surface area (Å²) in [5.74, 6) is -3.11. The number of esters is 3. The number of aliphatic hydroxyl groups excluding tert-OH is 2. The second-order valence-corrected chi connectivity index (χ2v) is 23.8. The van der Waals surface area contributed by atoms with Gasteiger partial charge in [-0.3, -0.25) is 14.4 Å². The lowest BCUT2D eigenvalue weighted by atomic mass is 9.98. The van der Waals surface area contributed by atoms with E-state index in [9.17, 15) is 34.5 Å². The fourth-order valence-electron chi connectivity index (χ4n) is 10.5. The second kappa shape index (κ2) is 59.0. The minimum atomic E-state index is -1.91. The first-order valence-corrected chi connectivity index (χ1v) is 34.6. The largest absolute Gasteiger partial charge is 0.479 e. The van der Waals surface area contributed by atoms with Gasteiger partial charge < -0.3 is 39.0 Å². The van der Waals surface area contributed by atoms with Crippen LogP contribution >= 0.6 is 0 Å². The van der Waals surface area contributed by atoms with Crippen LogP contribution in [0.25, 0.3) is 0 Å². The normalized spacial score (nSPS) is 17.8. The third kappa shape index (κ3) is 48.5. The van der Waals surface area contributed by atoms with Crippen molar-refractivity contribution in [2.75, 3.05) is 13.2 Å². The summed E-state index contributed by atoms with van der Waals surface area (Å²) >= 11 is 0. The molecule has 1 aliphatic rings. The molecule has 0 aromatic rings. The van der Waals surface area contributed by atoms with Gasteiger partial charge in [0.1, 0.15) is 18.8 Å². The summed E-state index contributed by atoms with van der Waals surface area (Å²) in [5.41, 5.74) is 0. The van der Waals surface area contributed by atoms with E-state index in [4.69, 9.17) is 23.7 Å². The van der Waals surface area contributed by atoms with Crippen LogP contribution in [-0.2, 0) is 42.9 Å². The Bertz CT molecular complexity index is 1630. The first kappa shape index (κ1) is 77.7. The molecule has 1 rings (SSSR count). The zero-order valence-electron chi connectivity index (χ0n) is 53.5. The maximum absolute atomic E-state index is 13.2. The number of carbonyl (C=O) groups excluding carboxylic acids is 3. The Kier molecular flexibility index (Phi) is 55.3. The predicted molar refractivity (Wildman–Crippen MR) is 340 cm³/mol. The molecule has 6 unspecified atom stereocenters. The van der Waals surface area contributed by atoms with Gasteiger partial charge in [-0.1, -0.05) is 256 Å². The van der Waals surface area contributed by atoms with E-state index in [1.165, 1.54) is 186 Å². The standard InChI is InChI=1S/C71H126O12/c1-4-7-10-13-16-19-22-25-28-30-32-34-37-39-42-45-48-51-54-57-63(72)79-60-62(81-64(73)58-55-52-49-46-43-41-38-35-33-31-29-26-23-20-17-14-11-8-5-2)61-80-71-69(67(76)66(75)68(83-71)70(77)78)82-65(74)59-56-53-50-47-44-40-36-27-24-21-18-15-12-9-6-3/h18,21,25-29,36,62,66-69,71,75-76H,4-17,19-20,22-24,30-35,37-61H2,1-3H3,(H,77,78)/b21-18-,28-25-,29-26-,36-27-. The Balaban J connectivity index is 2.64. The molecule has 0 aromatic heterocycles. The van der Waals surface area contributed by atoms with Crippen LogP contribution in [0.15, 0.2) is 48.6 Å². The van der Waals surface area contributed by atoms with Crippen LogP contribution in [-0.4, -0.2) is 89.2 Å². The van der Waals surface area contributed by atoms with Crippen molar-refractivity contribution >= 4 is 23.9 Å². The van der Waals surface area contributed by atoms with Gasteiger partial charge in [-0.05, 0) is 103 Å². The van der Waals surface area contributed by atoms with Crippen LogP contribution in [0.4, 0.5) is 0 Å². The molecule has 6 atom stereocenters. The van der Waals surface area contributed by atoms with Gasteiger partial charge in [0.2, 0.25) is 0 Å². The number of carboxylic acids is 1. The molecule has 1 saturated heterocycles. The highest BCUT2D eigenvalue weighted by Crippen LogP contribution is 2.27. The van der Waals surface area contributed by atoms with Gasteiger partial charge in [0, 0.05) is 19.3 Å².